The van der Waals surface area contributed by atoms with E-state index >= 15 is 0 Å². The molecule has 12 heavy (non-hydrogen) atoms. The molecule has 0 aliphatic carbocycles. The molecule has 66 valence electrons. The fourth-order valence-electron chi connectivity index (χ4n) is 0.778. The molecule has 0 bridgehead atoms. The molecule has 2 nitrogen and oxygen atoms in total. The number of carbonyl (C=O) groups is 1. The Morgan fingerprint density at radius 3 is 2.50 bits per heavy atom. The predicted molar refractivity (Wildman–Crippen MR) is 45.3 cm³/mol. The average molecular weight is 191 g/mol. The minimum atomic E-state index is -1.03. The molecule has 1 rings (SSSR count). The third-order valence-corrected chi connectivity index (χ3v) is 1.40. The van der Waals surface area contributed by atoms with Crippen molar-refractivity contribution in [3.8, 4) is 0 Å². The number of carboxylic acids is 1. The first-order valence-corrected chi connectivity index (χ1v) is 3.10. The van der Waals surface area contributed by atoms with E-state index in [-0.39, 0.29) is 23.8 Å². The molecule has 1 N–H and O–H groups in total. The molecule has 0 fully saturated rings. The Morgan fingerprint density at radius 2 is 2.08 bits per heavy atom. The molecule has 0 heterocycles. The quantitative estimate of drug-likeness (QED) is 0.738. The molecule has 0 aliphatic heterocycles. The van der Waals surface area contributed by atoms with Crippen molar-refractivity contribution in [1.82, 2.24) is 0 Å². The van der Waals surface area contributed by atoms with E-state index < -0.39 is 5.97 Å². The van der Waals surface area contributed by atoms with Crippen molar-refractivity contribution in [3.63, 3.8) is 0 Å². The highest BCUT2D eigenvalue weighted by molar-refractivity contribution is 5.87. The molecule has 0 saturated heterocycles. The summed E-state index contributed by atoms with van der Waals surface area (Å²) in [6.07, 6.45) is 0. The topological polar surface area (TPSA) is 37.3 Å². The van der Waals surface area contributed by atoms with Crippen molar-refractivity contribution < 1.29 is 14.3 Å². The van der Waals surface area contributed by atoms with Crippen molar-refractivity contribution in [3.05, 3.63) is 35.1 Å². The number of halogens is 2. The number of benzene rings is 1. The normalized spacial score (nSPS) is 8.83. The Labute approximate surface area is 75.4 Å². The van der Waals surface area contributed by atoms with E-state index in [2.05, 4.69) is 0 Å². The molecule has 0 spiro atoms. The SMILES string of the molecule is Cc1cc(C(=O)O)ccc1F.Cl. The molecule has 0 unspecified atom stereocenters. The summed E-state index contributed by atoms with van der Waals surface area (Å²) in [5, 5.41) is 8.48. The molecular weight excluding hydrogens is 183 g/mol. The number of hydrogen-bond acceptors (Lipinski definition) is 1. The zero-order chi connectivity index (χ0) is 8.43. The molecular formula is C8H8ClFO2. The standard InChI is InChI=1S/C8H7FO2.ClH/c1-5-4-6(8(10)11)2-3-7(5)9;/h2-4H,1H3,(H,10,11);1H. The van der Waals surface area contributed by atoms with E-state index in [0.717, 1.165) is 6.07 Å². The highest BCUT2D eigenvalue weighted by atomic mass is 35.5. The van der Waals surface area contributed by atoms with Gasteiger partial charge in [0.1, 0.15) is 5.82 Å². The summed E-state index contributed by atoms with van der Waals surface area (Å²) in [4.78, 5) is 10.3. The maximum Gasteiger partial charge on any atom is 0.335 e. The Hall–Kier alpha value is -1.09. The van der Waals surface area contributed by atoms with E-state index in [4.69, 9.17) is 5.11 Å². The van der Waals surface area contributed by atoms with E-state index in [1.165, 1.54) is 19.1 Å². The van der Waals surface area contributed by atoms with Gasteiger partial charge in [0.05, 0.1) is 5.56 Å². The van der Waals surface area contributed by atoms with Gasteiger partial charge in [0.15, 0.2) is 0 Å². The summed E-state index contributed by atoms with van der Waals surface area (Å²) in [6.45, 7) is 1.53. The van der Waals surface area contributed by atoms with Gasteiger partial charge in [-0.05, 0) is 30.7 Å². The fourth-order valence-corrected chi connectivity index (χ4v) is 0.778. The van der Waals surface area contributed by atoms with Crippen molar-refractivity contribution in [1.29, 1.82) is 0 Å². The highest BCUT2D eigenvalue weighted by Crippen LogP contribution is 2.08. The van der Waals surface area contributed by atoms with E-state index in [0.29, 0.717) is 5.56 Å². The lowest BCUT2D eigenvalue weighted by atomic mass is 10.1. The second-order valence-electron chi connectivity index (χ2n) is 2.27. The first-order chi connectivity index (χ1) is 5.11. The maximum absolute atomic E-state index is 12.6. The smallest absolute Gasteiger partial charge is 0.335 e. The summed E-state index contributed by atoms with van der Waals surface area (Å²) >= 11 is 0. The summed E-state index contributed by atoms with van der Waals surface area (Å²) in [6, 6.07) is 3.70. The summed E-state index contributed by atoms with van der Waals surface area (Å²) < 4.78 is 12.6. The van der Waals surface area contributed by atoms with Crippen LogP contribution in [-0.4, -0.2) is 11.1 Å². The van der Waals surface area contributed by atoms with Gasteiger partial charge in [-0.2, -0.15) is 0 Å². The zero-order valence-electron chi connectivity index (χ0n) is 6.37. The molecule has 0 aliphatic rings. The molecule has 1 aromatic carbocycles. The minimum Gasteiger partial charge on any atom is -0.478 e. The van der Waals surface area contributed by atoms with Gasteiger partial charge >= 0.3 is 5.97 Å². The second kappa shape index (κ2) is 4.07. The molecule has 0 aromatic heterocycles. The van der Waals surface area contributed by atoms with E-state index in [1.54, 1.807) is 0 Å². The third-order valence-electron chi connectivity index (χ3n) is 1.40. The predicted octanol–water partition coefficient (Wildman–Crippen LogP) is 2.25. The average Bonchev–Trinajstić information content (AvgIpc) is 1.94. The van der Waals surface area contributed by atoms with Crippen molar-refractivity contribution in [2.75, 3.05) is 0 Å². The Kier molecular flexibility index (Phi) is 3.70. The summed E-state index contributed by atoms with van der Waals surface area (Å²) in [5.41, 5.74) is 0.466. The van der Waals surface area contributed by atoms with Gasteiger partial charge in [-0.1, -0.05) is 0 Å². The third kappa shape index (κ3) is 2.20. The number of hydrogen-bond donors (Lipinski definition) is 1. The molecule has 0 amide bonds. The molecule has 0 radical (unpaired) electrons. The first kappa shape index (κ1) is 10.9. The van der Waals surface area contributed by atoms with Crippen molar-refractivity contribution in [2.24, 2.45) is 0 Å². The van der Waals surface area contributed by atoms with Gasteiger partial charge < -0.3 is 5.11 Å². The van der Waals surface area contributed by atoms with Crippen LogP contribution in [0.15, 0.2) is 18.2 Å². The molecule has 4 heteroatoms. The Morgan fingerprint density at radius 1 is 1.50 bits per heavy atom. The number of rotatable bonds is 1. The van der Waals surface area contributed by atoms with Gasteiger partial charge in [0.25, 0.3) is 0 Å². The van der Waals surface area contributed by atoms with Gasteiger partial charge in [-0.3, -0.25) is 0 Å². The monoisotopic (exact) mass is 190 g/mol. The van der Waals surface area contributed by atoms with Crippen LogP contribution in [0.2, 0.25) is 0 Å². The minimum absolute atomic E-state index is 0. The lowest BCUT2D eigenvalue weighted by molar-refractivity contribution is 0.0696. The van der Waals surface area contributed by atoms with Crippen molar-refractivity contribution >= 4 is 18.4 Å². The van der Waals surface area contributed by atoms with Gasteiger partial charge in [0.2, 0.25) is 0 Å². The maximum atomic E-state index is 12.6. The number of aromatic carboxylic acids is 1. The molecule has 1 aromatic rings. The Bertz CT molecular complexity index is 299. The van der Waals surface area contributed by atoms with Gasteiger partial charge in [-0.15, -0.1) is 12.4 Å². The van der Waals surface area contributed by atoms with Crippen LogP contribution in [0.4, 0.5) is 4.39 Å². The molecule has 0 saturated carbocycles. The van der Waals surface area contributed by atoms with Crippen LogP contribution >= 0.6 is 12.4 Å². The van der Waals surface area contributed by atoms with Crippen LogP contribution in [0.1, 0.15) is 15.9 Å². The van der Waals surface area contributed by atoms with Crippen molar-refractivity contribution in [2.45, 2.75) is 6.92 Å². The largest absolute Gasteiger partial charge is 0.478 e. The lowest BCUT2D eigenvalue weighted by Gasteiger charge is -1.96. The van der Waals surface area contributed by atoms with E-state index in [1.807, 2.05) is 0 Å². The molecule has 0 atom stereocenters. The van der Waals surface area contributed by atoms with Crippen LogP contribution in [0.25, 0.3) is 0 Å². The van der Waals surface area contributed by atoms with Crippen LogP contribution in [0.5, 0.6) is 0 Å². The van der Waals surface area contributed by atoms with Crippen LogP contribution in [0, 0.1) is 12.7 Å². The number of carboxylic acid groups (broad SMARTS) is 1. The van der Waals surface area contributed by atoms with Crippen LogP contribution in [0.3, 0.4) is 0 Å². The zero-order valence-corrected chi connectivity index (χ0v) is 7.19. The lowest BCUT2D eigenvalue weighted by Crippen LogP contribution is -1.97. The Balaban J connectivity index is 0.00000121. The van der Waals surface area contributed by atoms with E-state index in [9.17, 15) is 9.18 Å². The van der Waals surface area contributed by atoms with Gasteiger partial charge in [0, 0.05) is 0 Å². The summed E-state index contributed by atoms with van der Waals surface area (Å²) in [7, 11) is 0. The first-order valence-electron chi connectivity index (χ1n) is 3.10. The fraction of sp³-hybridized carbons (Fsp3) is 0.125. The highest BCUT2D eigenvalue weighted by Gasteiger charge is 2.03. The van der Waals surface area contributed by atoms with Crippen LogP contribution < -0.4 is 0 Å². The second-order valence-corrected chi connectivity index (χ2v) is 2.27. The van der Waals surface area contributed by atoms with Crippen LogP contribution in [-0.2, 0) is 0 Å². The van der Waals surface area contributed by atoms with Gasteiger partial charge in [-0.25, -0.2) is 9.18 Å². The summed E-state index contributed by atoms with van der Waals surface area (Å²) in [5.74, 6) is -1.41. The number of aryl methyl sites for hydroxylation is 1.